The average molecular weight is 449 g/mol. The van der Waals surface area contributed by atoms with Crippen molar-refractivity contribution in [2.45, 2.75) is 25.9 Å². The summed E-state index contributed by atoms with van der Waals surface area (Å²) in [4.78, 5) is 32.9. The minimum Gasteiger partial charge on any atom is -0.376 e. The van der Waals surface area contributed by atoms with Crippen LogP contribution < -0.4 is 5.32 Å². The number of likely N-dealkylation sites (tertiary alicyclic amines) is 1. The summed E-state index contributed by atoms with van der Waals surface area (Å²) in [6.07, 6.45) is 2.70. The third kappa shape index (κ3) is 5.60. The number of guanidine groups is 1. The Kier molecular flexibility index (Phi) is 7.73. The van der Waals surface area contributed by atoms with Gasteiger partial charge in [0.15, 0.2) is 5.96 Å². The Hall–Kier alpha value is -3.19. The molecule has 7 heteroatoms. The molecule has 1 atom stereocenters. The highest BCUT2D eigenvalue weighted by atomic mass is 16.5. The highest BCUT2D eigenvalue weighted by Gasteiger charge is 2.34. The molecule has 0 bridgehead atoms. The van der Waals surface area contributed by atoms with Gasteiger partial charge in [-0.05, 0) is 37.0 Å². The second kappa shape index (κ2) is 11.1. The molecule has 0 aliphatic carbocycles. The third-order valence-corrected chi connectivity index (χ3v) is 6.23. The molecule has 4 rings (SSSR count). The van der Waals surface area contributed by atoms with Crippen molar-refractivity contribution in [3.8, 4) is 0 Å². The molecule has 1 saturated heterocycles. The summed E-state index contributed by atoms with van der Waals surface area (Å²) in [5, 5.41) is 3.43. The predicted octanol–water partition coefficient (Wildman–Crippen LogP) is 3.18. The molecule has 1 N–H and O–H groups in total. The Morgan fingerprint density at radius 3 is 2.42 bits per heavy atom. The Balaban J connectivity index is 1.13. The van der Waals surface area contributed by atoms with E-state index in [2.05, 4.69) is 27.3 Å². The van der Waals surface area contributed by atoms with Gasteiger partial charge in [0.25, 0.3) is 11.8 Å². The van der Waals surface area contributed by atoms with E-state index >= 15 is 0 Å². The number of hydrogen-bond acceptors (Lipinski definition) is 4. The van der Waals surface area contributed by atoms with E-state index in [0.717, 1.165) is 51.5 Å². The number of carbonyl (C=O) groups is 2. The number of hydrogen-bond donors (Lipinski definition) is 1. The lowest BCUT2D eigenvalue weighted by atomic mass is 10.1. The molecule has 2 aliphatic heterocycles. The van der Waals surface area contributed by atoms with Gasteiger partial charge < -0.3 is 15.0 Å². The minimum absolute atomic E-state index is 0.183. The molecule has 2 aromatic carbocycles. The van der Waals surface area contributed by atoms with Crippen molar-refractivity contribution in [1.82, 2.24) is 15.1 Å². The molecule has 0 spiro atoms. The van der Waals surface area contributed by atoms with Crippen molar-refractivity contribution in [1.29, 1.82) is 0 Å². The van der Waals surface area contributed by atoms with Crippen molar-refractivity contribution in [2.24, 2.45) is 10.9 Å². The largest absolute Gasteiger partial charge is 0.376 e. The molecule has 174 valence electrons. The van der Waals surface area contributed by atoms with Gasteiger partial charge in [-0.3, -0.25) is 19.5 Å². The van der Waals surface area contributed by atoms with Gasteiger partial charge in [0, 0.05) is 39.1 Å². The van der Waals surface area contributed by atoms with E-state index in [9.17, 15) is 9.59 Å². The Labute approximate surface area is 195 Å². The van der Waals surface area contributed by atoms with Crippen LogP contribution in [0.1, 0.15) is 45.5 Å². The number of benzene rings is 2. The molecule has 2 amide bonds. The van der Waals surface area contributed by atoms with E-state index in [-0.39, 0.29) is 11.8 Å². The van der Waals surface area contributed by atoms with Gasteiger partial charge in [-0.1, -0.05) is 42.5 Å². The fraction of sp³-hybridized carbons (Fsp3) is 0.423. The van der Waals surface area contributed by atoms with E-state index < -0.39 is 0 Å². The molecule has 33 heavy (non-hydrogen) atoms. The van der Waals surface area contributed by atoms with E-state index in [1.807, 2.05) is 18.2 Å². The smallest absolute Gasteiger partial charge is 0.261 e. The molecule has 1 unspecified atom stereocenters. The first-order valence-electron chi connectivity index (χ1n) is 11.7. The van der Waals surface area contributed by atoms with Crippen LogP contribution in [0.3, 0.4) is 0 Å². The summed E-state index contributed by atoms with van der Waals surface area (Å²) in [7, 11) is 1.81. The monoisotopic (exact) mass is 448 g/mol. The molecule has 7 nitrogen and oxygen atoms in total. The molecule has 2 aliphatic rings. The van der Waals surface area contributed by atoms with Crippen molar-refractivity contribution in [2.75, 3.05) is 39.8 Å². The maximum Gasteiger partial charge on any atom is 0.261 e. The van der Waals surface area contributed by atoms with Gasteiger partial charge in [0.05, 0.1) is 24.3 Å². The normalized spacial score (nSPS) is 18.2. The molecular weight excluding hydrogens is 416 g/mol. The zero-order chi connectivity index (χ0) is 23.0. The fourth-order valence-corrected chi connectivity index (χ4v) is 4.45. The molecule has 0 radical (unpaired) electrons. The number of amides is 2. The lowest BCUT2D eigenvalue weighted by Gasteiger charge is -2.22. The fourth-order valence-electron chi connectivity index (χ4n) is 4.45. The molecule has 2 aromatic rings. The molecule has 0 aromatic heterocycles. The second-order valence-corrected chi connectivity index (χ2v) is 8.59. The van der Waals surface area contributed by atoms with Crippen LogP contribution in [0.2, 0.25) is 0 Å². The van der Waals surface area contributed by atoms with Crippen LogP contribution in [0.5, 0.6) is 0 Å². The first-order chi connectivity index (χ1) is 16.2. The maximum atomic E-state index is 12.4. The Bertz CT molecular complexity index is 957. The number of carbonyl (C=O) groups excluding carboxylic acids is 2. The number of aliphatic imine (C=N–C) groups is 1. The van der Waals surface area contributed by atoms with Gasteiger partial charge in [0.1, 0.15) is 0 Å². The van der Waals surface area contributed by atoms with Gasteiger partial charge >= 0.3 is 0 Å². The van der Waals surface area contributed by atoms with Crippen LogP contribution >= 0.6 is 0 Å². The minimum atomic E-state index is -0.183. The summed E-state index contributed by atoms with van der Waals surface area (Å²) < 4.78 is 5.92. The topological polar surface area (TPSA) is 74.2 Å². The summed E-state index contributed by atoms with van der Waals surface area (Å²) in [6.45, 7) is 4.50. The van der Waals surface area contributed by atoms with Crippen molar-refractivity contribution >= 4 is 17.8 Å². The van der Waals surface area contributed by atoms with Crippen LogP contribution in [0.25, 0.3) is 0 Å². The van der Waals surface area contributed by atoms with Gasteiger partial charge in [-0.2, -0.15) is 0 Å². The average Bonchev–Trinajstić information content (AvgIpc) is 3.41. The van der Waals surface area contributed by atoms with Crippen LogP contribution in [0.4, 0.5) is 0 Å². The highest BCUT2D eigenvalue weighted by molar-refractivity contribution is 6.21. The van der Waals surface area contributed by atoms with Crippen LogP contribution in [-0.2, 0) is 11.3 Å². The van der Waals surface area contributed by atoms with E-state index in [4.69, 9.17) is 4.74 Å². The number of nitrogens with one attached hydrogen (secondary N) is 1. The third-order valence-electron chi connectivity index (χ3n) is 6.23. The number of nitrogens with zero attached hydrogens (tertiary/aromatic N) is 3. The van der Waals surface area contributed by atoms with Crippen molar-refractivity contribution in [3.63, 3.8) is 0 Å². The van der Waals surface area contributed by atoms with E-state index in [1.54, 1.807) is 31.3 Å². The summed E-state index contributed by atoms with van der Waals surface area (Å²) >= 11 is 0. The van der Waals surface area contributed by atoms with E-state index in [1.165, 1.54) is 10.5 Å². The lowest BCUT2D eigenvalue weighted by molar-refractivity contribution is 0.0651. The van der Waals surface area contributed by atoms with Crippen LogP contribution in [-0.4, -0.2) is 67.4 Å². The lowest BCUT2D eigenvalue weighted by Crippen LogP contribution is -2.40. The maximum absolute atomic E-state index is 12.4. The number of imide groups is 1. The second-order valence-electron chi connectivity index (χ2n) is 8.59. The van der Waals surface area contributed by atoms with Crippen molar-refractivity contribution < 1.29 is 14.3 Å². The first kappa shape index (κ1) is 23.0. The summed E-state index contributed by atoms with van der Waals surface area (Å²) in [6, 6.07) is 17.3. The van der Waals surface area contributed by atoms with Crippen LogP contribution in [0.15, 0.2) is 59.6 Å². The molecule has 1 fully saturated rings. The van der Waals surface area contributed by atoms with Crippen LogP contribution in [0, 0.1) is 5.92 Å². The van der Waals surface area contributed by atoms with Gasteiger partial charge in [-0.25, -0.2) is 0 Å². The number of unbranched alkanes of at least 4 members (excludes halogenated alkanes) is 1. The van der Waals surface area contributed by atoms with Gasteiger partial charge in [0.2, 0.25) is 0 Å². The highest BCUT2D eigenvalue weighted by Crippen LogP contribution is 2.22. The number of fused-ring (bicyclic) bond motifs is 1. The molecular formula is C26H32N4O3. The quantitative estimate of drug-likeness (QED) is 0.276. The molecule has 0 saturated carbocycles. The Morgan fingerprint density at radius 2 is 1.73 bits per heavy atom. The predicted molar refractivity (Wildman–Crippen MR) is 128 cm³/mol. The SMILES string of the molecule is CN=C(NCCCCN1C(=O)c2ccccc2C1=O)N1CCC(COCc2ccccc2)C1. The van der Waals surface area contributed by atoms with Gasteiger partial charge in [-0.15, -0.1) is 0 Å². The zero-order valence-corrected chi connectivity index (χ0v) is 19.2. The zero-order valence-electron chi connectivity index (χ0n) is 19.2. The molecule has 2 heterocycles. The standard InChI is InChI=1S/C26H32N4O3/c1-27-26(29-16-13-21(17-29)19-33-18-20-9-3-2-4-10-20)28-14-7-8-15-30-24(31)22-11-5-6-12-23(22)25(30)32/h2-6,9-12,21H,7-8,13-19H2,1H3,(H,27,28). The summed E-state index contributed by atoms with van der Waals surface area (Å²) in [5.74, 6) is 1.04. The van der Waals surface area contributed by atoms with E-state index in [0.29, 0.717) is 30.2 Å². The summed E-state index contributed by atoms with van der Waals surface area (Å²) in [5.41, 5.74) is 2.22. The number of rotatable bonds is 9. The first-order valence-corrected chi connectivity index (χ1v) is 11.7. The Morgan fingerprint density at radius 1 is 1.03 bits per heavy atom. The van der Waals surface area contributed by atoms with Crippen molar-refractivity contribution in [3.05, 3.63) is 71.3 Å². The number of ether oxygens (including phenoxy) is 1.